The number of aromatic nitrogens is 2. The number of rotatable bonds is 2. The normalized spacial score (nSPS) is 16.5. The van der Waals surface area contributed by atoms with Crippen molar-refractivity contribution in [1.82, 2.24) is 15.0 Å². The maximum atomic E-state index is 12.7. The van der Waals surface area contributed by atoms with Crippen LogP contribution in [0.15, 0.2) is 40.2 Å². The van der Waals surface area contributed by atoms with E-state index < -0.39 is 0 Å². The summed E-state index contributed by atoms with van der Waals surface area (Å²) >= 11 is 0. The van der Waals surface area contributed by atoms with Gasteiger partial charge in [-0.05, 0) is 68.0 Å². The molecule has 0 fully saturated rings. The third-order valence-electron chi connectivity index (χ3n) is 6.03. The van der Waals surface area contributed by atoms with Gasteiger partial charge in [0.25, 0.3) is 11.5 Å². The average molecular weight is 402 g/mol. The van der Waals surface area contributed by atoms with Crippen molar-refractivity contribution in [2.45, 2.75) is 45.6 Å². The highest BCUT2D eigenvalue weighted by molar-refractivity contribution is 6.06. The van der Waals surface area contributed by atoms with Crippen molar-refractivity contribution in [3.8, 4) is 5.75 Å². The molecule has 0 atom stereocenters. The molecule has 7 heteroatoms. The number of hydrazone groups is 1. The molecule has 7 nitrogen and oxygen atoms in total. The highest BCUT2D eigenvalue weighted by Crippen LogP contribution is 2.31. The molecule has 2 aromatic carbocycles. The lowest BCUT2D eigenvalue weighted by atomic mass is 9.86. The molecule has 1 amide bonds. The summed E-state index contributed by atoms with van der Waals surface area (Å²) in [7, 11) is 0. The standard InChI is InChI=1S/C23H22N4O3/c1-13-7-10-19(28)21-15(13)4-2-5-17(21)25-26-22(29)14-8-9-16-18(12-14)24-20-6-3-11-27(20)23(16)30/h7-10,12,28H,2-6,11H2,1H3,(H,26,29)/b25-17+. The molecular formula is C23H22N4O3. The number of carbonyl (C=O) groups is 1. The molecule has 1 aliphatic heterocycles. The van der Waals surface area contributed by atoms with E-state index in [1.165, 1.54) is 0 Å². The van der Waals surface area contributed by atoms with Crippen LogP contribution in [0.3, 0.4) is 0 Å². The van der Waals surface area contributed by atoms with E-state index in [0.717, 1.165) is 48.2 Å². The fourth-order valence-electron chi connectivity index (χ4n) is 4.46. The summed E-state index contributed by atoms with van der Waals surface area (Å²) < 4.78 is 1.71. The summed E-state index contributed by atoms with van der Waals surface area (Å²) in [6.07, 6.45) is 4.18. The van der Waals surface area contributed by atoms with Gasteiger partial charge in [0.2, 0.25) is 0 Å². The lowest BCUT2D eigenvalue weighted by molar-refractivity contribution is 0.0955. The van der Waals surface area contributed by atoms with Gasteiger partial charge in [0.05, 0.1) is 16.6 Å². The fourth-order valence-corrected chi connectivity index (χ4v) is 4.46. The highest BCUT2D eigenvalue weighted by Gasteiger charge is 2.22. The van der Waals surface area contributed by atoms with Crippen LogP contribution >= 0.6 is 0 Å². The van der Waals surface area contributed by atoms with Crippen LogP contribution in [0.5, 0.6) is 5.75 Å². The lowest BCUT2D eigenvalue weighted by Crippen LogP contribution is -2.23. The number of nitrogens with one attached hydrogen (secondary N) is 1. The van der Waals surface area contributed by atoms with Gasteiger partial charge in [-0.15, -0.1) is 0 Å². The number of nitrogens with zero attached hydrogens (tertiary/aromatic N) is 3. The first kappa shape index (κ1) is 18.5. The molecule has 30 heavy (non-hydrogen) atoms. The number of aromatic hydroxyl groups is 1. The minimum atomic E-state index is -0.369. The van der Waals surface area contributed by atoms with Gasteiger partial charge >= 0.3 is 0 Å². The first-order chi connectivity index (χ1) is 14.5. The van der Waals surface area contributed by atoms with Gasteiger partial charge in [-0.1, -0.05) is 6.07 Å². The van der Waals surface area contributed by atoms with Crippen molar-refractivity contribution in [3.63, 3.8) is 0 Å². The number of amides is 1. The van der Waals surface area contributed by atoms with Crippen molar-refractivity contribution >= 4 is 22.5 Å². The second kappa shape index (κ2) is 7.09. The van der Waals surface area contributed by atoms with Crippen LogP contribution in [0.4, 0.5) is 0 Å². The van der Waals surface area contributed by atoms with Crippen molar-refractivity contribution in [1.29, 1.82) is 0 Å². The van der Waals surface area contributed by atoms with Gasteiger partial charge in [-0.2, -0.15) is 5.10 Å². The van der Waals surface area contributed by atoms with E-state index in [4.69, 9.17) is 0 Å². The predicted octanol–water partition coefficient (Wildman–Crippen LogP) is 2.83. The Morgan fingerprint density at radius 1 is 1.17 bits per heavy atom. The molecule has 1 aromatic heterocycles. The molecule has 2 heterocycles. The number of hydrogen-bond acceptors (Lipinski definition) is 5. The number of carbonyl (C=O) groups excluding carboxylic acids is 1. The van der Waals surface area contributed by atoms with Gasteiger partial charge in [0.1, 0.15) is 11.6 Å². The van der Waals surface area contributed by atoms with E-state index in [9.17, 15) is 14.7 Å². The SMILES string of the molecule is Cc1ccc(O)c2c1CCC/C2=N\NC(=O)c1ccc2c(=O)n3c(nc2c1)CCC3. The number of hydrogen-bond donors (Lipinski definition) is 2. The molecule has 2 N–H and O–H groups in total. The van der Waals surface area contributed by atoms with Crippen LogP contribution in [-0.4, -0.2) is 26.3 Å². The molecule has 0 bridgehead atoms. The highest BCUT2D eigenvalue weighted by atomic mass is 16.3. The van der Waals surface area contributed by atoms with E-state index in [-0.39, 0.29) is 17.2 Å². The van der Waals surface area contributed by atoms with Crippen molar-refractivity contribution in [2.75, 3.05) is 0 Å². The molecular weight excluding hydrogens is 380 g/mol. The van der Waals surface area contributed by atoms with E-state index in [2.05, 4.69) is 15.5 Å². The number of phenolic OH excluding ortho intramolecular Hbond substituents is 1. The maximum absolute atomic E-state index is 12.7. The molecule has 0 spiro atoms. The third kappa shape index (κ3) is 2.98. The summed E-state index contributed by atoms with van der Waals surface area (Å²) in [6.45, 7) is 2.71. The predicted molar refractivity (Wildman–Crippen MR) is 114 cm³/mol. The molecule has 0 radical (unpaired) electrons. The molecule has 0 unspecified atom stereocenters. The van der Waals surface area contributed by atoms with Crippen LogP contribution < -0.4 is 11.0 Å². The minimum Gasteiger partial charge on any atom is -0.507 e. The zero-order chi connectivity index (χ0) is 20.8. The largest absolute Gasteiger partial charge is 0.507 e. The maximum Gasteiger partial charge on any atom is 0.271 e. The number of benzene rings is 2. The van der Waals surface area contributed by atoms with E-state index >= 15 is 0 Å². The zero-order valence-electron chi connectivity index (χ0n) is 16.7. The topological polar surface area (TPSA) is 96.6 Å². The summed E-state index contributed by atoms with van der Waals surface area (Å²) in [4.78, 5) is 29.9. The molecule has 5 rings (SSSR count). The Labute approximate surface area is 173 Å². The van der Waals surface area contributed by atoms with Crippen molar-refractivity contribution in [3.05, 3.63) is 68.8 Å². The van der Waals surface area contributed by atoms with Gasteiger partial charge in [0, 0.05) is 24.1 Å². The second-order valence-electron chi connectivity index (χ2n) is 7.93. The minimum absolute atomic E-state index is 0.0515. The second-order valence-corrected chi connectivity index (χ2v) is 7.93. The molecule has 1 aliphatic carbocycles. The monoisotopic (exact) mass is 402 g/mol. The van der Waals surface area contributed by atoms with Crippen molar-refractivity contribution < 1.29 is 9.90 Å². The Bertz CT molecular complexity index is 1290. The first-order valence-corrected chi connectivity index (χ1v) is 10.2. The average Bonchev–Trinajstić information content (AvgIpc) is 3.23. The summed E-state index contributed by atoms with van der Waals surface area (Å²) in [5, 5.41) is 15.2. The van der Waals surface area contributed by atoms with Crippen LogP contribution in [-0.2, 0) is 19.4 Å². The third-order valence-corrected chi connectivity index (χ3v) is 6.03. The number of fused-ring (bicyclic) bond motifs is 3. The molecule has 0 saturated carbocycles. The van der Waals surface area contributed by atoms with Crippen LogP contribution in [0, 0.1) is 6.92 Å². The van der Waals surface area contributed by atoms with Gasteiger partial charge in [0.15, 0.2) is 0 Å². The Morgan fingerprint density at radius 2 is 2.03 bits per heavy atom. The van der Waals surface area contributed by atoms with Crippen molar-refractivity contribution in [2.24, 2.45) is 5.10 Å². The summed E-state index contributed by atoms with van der Waals surface area (Å²) in [5.41, 5.74) is 7.09. The smallest absolute Gasteiger partial charge is 0.271 e. The van der Waals surface area contributed by atoms with Gasteiger partial charge in [-0.3, -0.25) is 14.2 Å². The quantitative estimate of drug-likeness (QED) is 0.644. The van der Waals surface area contributed by atoms with E-state index in [1.54, 1.807) is 28.8 Å². The van der Waals surface area contributed by atoms with Gasteiger partial charge < -0.3 is 5.11 Å². The first-order valence-electron chi connectivity index (χ1n) is 10.2. The van der Waals surface area contributed by atoms with Gasteiger partial charge in [-0.25, -0.2) is 10.4 Å². The Hall–Kier alpha value is -3.48. The van der Waals surface area contributed by atoms with Crippen LogP contribution in [0.2, 0.25) is 0 Å². The molecule has 152 valence electrons. The lowest BCUT2D eigenvalue weighted by Gasteiger charge is -2.21. The Balaban J connectivity index is 1.46. The Kier molecular flexibility index (Phi) is 4.38. The molecule has 3 aromatic rings. The Morgan fingerprint density at radius 3 is 2.90 bits per heavy atom. The fraction of sp³-hybridized carbons (Fsp3) is 0.304. The van der Waals surface area contributed by atoms with E-state index in [0.29, 0.717) is 35.1 Å². The summed E-state index contributed by atoms with van der Waals surface area (Å²) in [6, 6.07) is 8.49. The molecule has 0 saturated heterocycles. The van der Waals surface area contributed by atoms with Crippen LogP contribution in [0.1, 0.15) is 52.1 Å². The zero-order valence-corrected chi connectivity index (χ0v) is 16.7. The number of phenols is 1. The molecule has 2 aliphatic rings. The van der Waals surface area contributed by atoms with E-state index in [1.807, 2.05) is 13.0 Å². The van der Waals surface area contributed by atoms with Crippen LogP contribution in [0.25, 0.3) is 10.9 Å². The summed E-state index contributed by atoms with van der Waals surface area (Å²) in [5.74, 6) is 0.591. The number of aryl methyl sites for hydroxylation is 2.